The van der Waals surface area contributed by atoms with Gasteiger partial charge < -0.3 is 10.2 Å². The Morgan fingerprint density at radius 2 is 2.09 bits per heavy atom. The Balaban J connectivity index is 3.63. The van der Waals surface area contributed by atoms with E-state index in [2.05, 4.69) is 6.58 Å². The summed E-state index contributed by atoms with van der Waals surface area (Å²) in [6.45, 7) is 7.69. The van der Waals surface area contributed by atoms with Crippen LogP contribution in [0.5, 0.6) is 0 Å². The van der Waals surface area contributed by atoms with Gasteiger partial charge in [0.15, 0.2) is 0 Å². The Kier molecular flexibility index (Phi) is 5.16. The molecule has 0 aliphatic rings. The van der Waals surface area contributed by atoms with Crippen molar-refractivity contribution in [3.05, 3.63) is 12.2 Å². The van der Waals surface area contributed by atoms with E-state index in [1.54, 1.807) is 0 Å². The van der Waals surface area contributed by atoms with Crippen LogP contribution in [0.2, 0.25) is 0 Å². The molecular weight excluding hydrogens is 140 g/mol. The second kappa shape index (κ2) is 5.33. The standard InChI is InChI=1S/C9H18O2/c1-7(2)6-9(11)8(3)4-5-10/h8-11H,1,4-6H2,2-3H3. The van der Waals surface area contributed by atoms with Crippen LogP contribution < -0.4 is 0 Å². The van der Waals surface area contributed by atoms with Gasteiger partial charge in [0, 0.05) is 6.61 Å². The zero-order valence-electron chi connectivity index (χ0n) is 7.38. The summed E-state index contributed by atoms with van der Waals surface area (Å²) in [4.78, 5) is 0. The second-order valence-electron chi connectivity index (χ2n) is 3.22. The van der Waals surface area contributed by atoms with Gasteiger partial charge in [0.25, 0.3) is 0 Å². The molecule has 2 heteroatoms. The van der Waals surface area contributed by atoms with Crippen molar-refractivity contribution in [3.8, 4) is 0 Å². The van der Waals surface area contributed by atoms with Crippen LogP contribution in [0.15, 0.2) is 12.2 Å². The van der Waals surface area contributed by atoms with E-state index >= 15 is 0 Å². The third-order valence-electron chi connectivity index (χ3n) is 1.80. The molecule has 0 saturated heterocycles. The minimum Gasteiger partial charge on any atom is -0.396 e. The molecule has 2 nitrogen and oxygen atoms in total. The fourth-order valence-electron chi connectivity index (χ4n) is 0.954. The lowest BCUT2D eigenvalue weighted by molar-refractivity contribution is 0.0989. The molecule has 2 atom stereocenters. The predicted octanol–water partition coefficient (Wildman–Crippen LogP) is 1.33. The Labute approximate surface area is 68.6 Å². The van der Waals surface area contributed by atoms with Gasteiger partial charge in [0.1, 0.15) is 0 Å². The summed E-state index contributed by atoms with van der Waals surface area (Å²) in [7, 11) is 0. The van der Waals surface area contributed by atoms with Crippen molar-refractivity contribution in [2.75, 3.05) is 6.61 Å². The molecule has 0 bridgehead atoms. The molecule has 0 aliphatic heterocycles. The van der Waals surface area contributed by atoms with Gasteiger partial charge >= 0.3 is 0 Å². The average Bonchev–Trinajstić information content (AvgIpc) is 1.86. The maximum absolute atomic E-state index is 9.45. The third kappa shape index (κ3) is 4.99. The molecule has 0 radical (unpaired) electrons. The van der Waals surface area contributed by atoms with Crippen LogP contribution >= 0.6 is 0 Å². The van der Waals surface area contributed by atoms with E-state index in [4.69, 9.17) is 5.11 Å². The molecule has 0 aliphatic carbocycles. The minimum atomic E-state index is -0.348. The van der Waals surface area contributed by atoms with Gasteiger partial charge in [-0.05, 0) is 25.7 Å². The Morgan fingerprint density at radius 3 is 2.45 bits per heavy atom. The van der Waals surface area contributed by atoms with E-state index in [0.29, 0.717) is 12.8 Å². The van der Waals surface area contributed by atoms with E-state index in [-0.39, 0.29) is 18.6 Å². The monoisotopic (exact) mass is 158 g/mol. The Morgan fingerprint density at radius 1 is 1.55 bits per heavy atom. The quantitative estimate of drug-likeness (QED) is 0.593. The maximum Gasteiger partial charge on any atom is 0.0603 e. The van der Waals surface area contributed by atoms with Crippen molar-refractivity contribution < 1.29 is 10.2 Å². The van der Waals surface area contributed by atoms with Gasteiger partial charge in [-0.1, -0.05) is 12.5 Å². The second-order valence-corrected chi connectivity index (χ2v) is 3.22. The summed E-state index contributed by atoms with van der Waals surface area (Å²) in [5.74, 6) is 0.164. The molecule has 0 saturated carbocycles. The molecule has 66 valence electrons. The molecule has 0 aromatic rings. The van der Waals surface area contributed by atoms with Crippen LogP contribution in [0.25, 0.3) is 0 Å². The normalized spacial score (nSPS) is 16.0. The minimum absolute atomic E-state index is 0.147. The predicted molar refractivity (Wildman–Crippen MR) is 46.3 cm³/mol. The van der Waals surface area contributed by atoms with E-state index in [1.165, 1.54) is 0 Å². The van der Waals surface area contributed by atoms with Crippen molar-refractivity contribution >= 4 is 0 Å². The van der Waals surface area contributed by atoms with Crippen molar-refractivity contribution in [1.29, 1.82) is 0 Å². The fraction of sp³-hybridized carbons (Fsp3) is 0.778. The Hall–Kier alpha value is -0.340. The highest BCUT2D eigenvalue weighted by Gasteiger charge is 2.12. The van der Waals surface area contributed by atoms with Crippen molar-refractivity contribution in [2.24, 2.45) is 5.92 Å². The molecule has 0 spiro atoms. The number of aliphatic hydroxyl groups excluding tert-OH is 2. The topological polar surface area (TPSA) is 40.5 Å². The molecule has 2 unspecified atom stereocenters. The van der Waals surface area contributed by atoms with Crippen LogP contribution in [0, 0.1) is 5.92 Å². The average molecular weight is 158 g/mol. The summed E-state index contributed by atoms with van der Waals surface area (Å²) < 4.78 is 0. The number of hydrogen-bond donors (Lipinski definition) is 2. The molecule has 0 aromatic carbocycles. The van der Waals surface area contributed by atoms with E-state index in [1.807, 2.05) is 13.8 Å². The van der Waals surface area contributed by atoms with Gasteiger partial charge in [0.05, 0.1) is 6.10 Å². The molecular formula is C9H18O2. The molecule has 0 rings (SSSR count). The summed E-state index contributed by atoms with van der Waals surface area (Å²) in [5.41, 5.74) is 0.988. The van der Waals surface area contributed by atoms with Gasteiger partial charge in [-0.25, -0.2) is 0 Å². The lowest BCUT2D eigenvalue weighted by Crippen LogP contribution is -2.18. The van der Waals surface area contributed by atoms with Gasteiger partial charge in [-0.2, -0.15) is 0 Å². The first-order valence-electron chi connectivity index (χ1n) is 4.01. The first-order valence-corrected chi connectivity index (χ1v) is 4.01. The largest absolute Gasteiger partial charge is 0.396 e. The number of hydrogen-bond acceptors (Lipinski definition) is 2. The lowest BCUT2D eigenvalue weighted by atomic mass is 9.96. The highest BCUT2D eigenvalue weighted by atomic mass is 16.3. The molecule has 0 heterocycles. The van der Waals surface area contributed by atoms with Gasteiger partial charge in [-0.15, -0.1) is 6.58 Å². The van der Waals surface area contributed by atoms with Crippen molar-refractivity contribution in [1.82, 2.24) is 0 Å². The summed E-state index contributed by atoms with van der Waals surface area (Å²) in [6.07, 6.45) is 0.954. The zero-order chi connectivity index (χ0) is 8.85. The molecule has 11 heavy (non-hydrogen) atoms. The SMILES string of the molecule is C=C(C)CC(O)C(C)CCO. The number of aliphatic hydroxyl groups is 2. The Bertz CT molecular complexity index is 121. The zero-order valence-corrected chi connectivity index (χ0v) is 7.38. The molecule has 0 aromatic heterocycles. The molecule has 0 fully saturated rings. The molecule has 0 amide bonds. The van der Waals surface area contributed by atoms with Crippen LogP contribution in [0.1, 0.15) is 26.7 Å². The summed E-state index contributed by atoms with van der Waals surface area (Å²) in [6, 6.07) is 0. The van der Waals surface area contributed by atoms with Crippen LogP contribution in [0.4, 0.5) is 0 Å². The van der Waals surface area contributed by atoms with E-state index in [0.717, 1.165) is 5.57 Å². The van der Waals surface area contributed by atoms with Crippen LogP contribution in [-0.2, 0) is 0 Å². The summed E-state index contributed by atoms with van der Waals surface area (Å²) in [5, 5.41) is 18.0. The third-order valence-corrected chi connectivity index (χ3v) is 1.80. The van der Waals surface area contributed by atoms with Crippen molar-refractivity contribution in [2.45, 2.75) is 32.8 Å². The molecule has 2 N–H and O–H groups in total. The maximum atomic E-state index is 9.45. The smallest absolute Gasteiger partial charge is 0.0603 e. The summed E-state index contributed by atoms with van der Waals surface area (Å²) >= 11 is 0. The van der Waals surface area contributed by atoms with E-state index < -0.39 is 0 Å². The van der Waals surface area contributed by atoms with E-state index in [9.17, 15) is 5.11 Å². The van der Waals surface area contributed by atoms with Crippen LogP contribution in [-0.4, -0.2) is 22.9 Å². The highest BCUT2D eigenvalue weighted by Crippen LogP contribution is 2.13. The van der Waals surface area contributed by atoms with Gasteiger partial charge in [-0.3, -0.25) is 0 Å². The fourth-order valence-corrected chi connectivity index (χ4v) is 0.954. The first kappa shape index (κ1) is 10.7. The van der Waals surface area contributed by atoms with Gasteiger partial charge in [0.2, 0.25) is 0 Å². The van der Waals surface area contributed by atoms with Crippen molar-refractivity contribution in [3.63, 3.8) is 0 Å². The van der Waals surface area contributed by atoms with Crippen LogP contribution in [0.3, 0.4) is 0 Å². The first-order chi connectivity index (χ1) is 5.07. The lowest BCUT2D eigenvalue weighted by Gasteiger charge is -2.17. The number of rotatable bonds is 5. The highest BCUT2D eigenvalue weighted by molar-refractivity contribution is 4.91.